The molecule has 0 radical (unpaired) electrons. The van der Waals surface area contributed by atoms with Crippen molar-refractivity contribution in [3.05, 3.63) is 111 Å². The average molecular weight is 564 g/mol. The van der Waals surface area contributed by atoms with E-state index in [9.17, 15) is 14.0 Å². The molecule has 39 heavy (non-hydrogen) atoms. The van der Waals surface area contributed by atoms with Gasteiger partial charge in [-0.25, -0.2) is 9.07 Å². The van der Waals surface area contributed by atoms with Crippen LogP contribution >= 0.6 is 23.2 Å². The van der Waals surface area contributed by atoms with Crippen molar-refractivity contribution in [1.29, 1.82) is 0 Å². The number of hydrogen-bond acceptors (Lipinski definition) is 4. The van der Waals surface area contributed by atoms with Crippen molar-refractivity contribution in [2.75, 3.05) is 6.54 Å². The van der Waals surface area contributed by atoms with Crippen LogP contribution in [0.2, 0.25) is 10.0 Å². The number of pyridine rings is 1. The van der Waals surface area contributed by atoms with Crippen LogP contribution < -0.4 is 5.32 Å². The average Bonchev–Trinajstić information content (AvgIpc) is 3.30. The van der Waals surface area contributed by atoms with Gasteiger partial charge in [0.05, 0.1) is 34.7 Å². The molecule has 1 atom stereocenters. The summed E-state index contributed by atoms with van der Waals surface area (Å²) in [7, 11) is 0. The lowest BCUT2D eigenvalue weighted by atomic mass is 9.97. The number of benzene rings is 2. The number of carbonyl (C=O) groups excluding carboxylic acids is 2. The fourth-order valence-corrected chi connectivity index (χ4v) is 5.02. The molecule has 0 spiro atoms. The summed E-state index contributed by atoms with van der Waals surface area (Å²) in [5, 5.41) is 8.49. The summed E-state index contributed by atoms with van der Waals surface area (Å²) in [5.74, 6) is -0.929. The van der Waals surface area contributed by atoms with Gasteiger partial charge >= 0.3 is 0 Å². The molecule has 0 bridgehead atoms. The first kappa shape index (κ1) is 26.6. The Bertz CT molecular complexity index is 1590. The second kappa shape index (κ2) is 11.0. The van der Waals surface area contributed by atoms with Gasteiger partial charge in [0.2, 0.25) is 5.91 Å². The van der Waals surface area contributed by atoms with Crippen LogP contribution in [-0.2, 0) is 11.3 Å². The quantitative estimate of drug-likeness (QED) is 0.318. The molecule has 1 aliphatic heterocycles. The minimum absolute atomic E-state index is 0.156. The highest BCUT2D eigenvalue weighted by Crippen LogP contribution is 2.36. The molecule has 198 valence electrons. The first-order valence-electron chi connectivity index (χ1n) is 12.2. The summed E-state index contributed by atoms with van der Waals surface area (Å²) in [5.41, 5.74) is 4.03. The van der Waals surface area contributed by atoms with E-state index in [2.05, 4.69) is 10.3 Å². The summed E-state index contributed by atoms with van der Waals surface area (Å²) in [6.45, 7) is 3.75. The number of carbonyl (C=O) groups is 2. The van der Waals surface area contributed by atoms with Crippen LogP contribution in [0.15, 0.2) is 66.9 Å². The zero-order valence-corrected chi connectivity index (χ0v) is 22.7. The van der Waals surface area contributed by atoms with E-state index >= 15 is 0 Å². The molecule has 1 N–H and O–H groups in total. The van der Waals surface area contributed by atoms with Gasteiger partial charge in [-0.2, -0.15) is 5.10 Å². The fourth-order valence-electron chi connectivity index (χ4n) is 4.53. The Balaban J connectivity index is 1.68. The molecule has 7 nitrogen and oxygen atoms in total. The summed E-state index contributed by atoms with van der Waals surface area (Å²) in [4.78, 5) is 32.1. The van der Waals surface area contributed by atoms with Gasteiger partial charge in [0, 0.05) is 30.3 Å². The molecule has 5 rings (SSSR count). The predicted octanol–water partition coefficient (Wildman–Crippen LogP) is 6.11. The molecule has 10 heteroatoms. The van der Waals surface area contributed by atoms with Crippen molar-refractivity contribution < 1.29 is 14.0 Å². The number of amides is 2. The highest BCUT2D eigenvalue weighted by atomic mass is 35.5. The number of aromatic nitrogens is 3. The Morgan fingerprint density at radius 1 is 1.08 bits per heavy atom. The second-order valence-electron chi connectivity index (χ2n) is 9.23. The number of nitrogens with one attached hydrogen (secondary N) is 1. The second-order valence-corrected chi connectivity index (χ2v) is 10.1. The third kappa shape index (κ3) is 5.57. The SMILES string of the molecule is CC(=O)N1CC(=Cc2ccc(F)cc2)c2c(c(C(=O)NC(C)c3ccccn3)nn2-c2ccc(Cl)cc2Cl)C1. The van der Waals surface area contributed by atoms with E-state index < -0.39 is 5.91 Å². The van der Waals surface area contributed by atoms with Crippen molar-refractivity contribution in [2.24, 2.45) is 0 Å². The molecular weight excluding hydrogens is 540 g/mol. The van der Waals surface area contributed by atoms with Crippen molar-refractivity contribution in [3.63, 3.8) is 0 Å². The van der Waals surface area contributed by atoms with Crippen LogP contribution in [0.3, 0.4) is 0 Å². The number of rotatable bonds is 5. The first-order chi connectivity index (χ1) is 18.7. The highest BCUT2D eigenvalue weighted by Gasteiger charge is 2.33. The van der Waals surface area contributed by atoms with E-state index in [4.69, 9.17) is 28.3 Å². The fraction of sp³-hybridized carbons (Fsp3) is 0.172. The van der Waals surface area contributed by atoms with Crippen LogP contribution in [0.25, 0.3) is 17.3 Å². The summed E-state index contributed by atoms with van der Waals surface area (Å²) in [6.07, 6.45) is 3.52. The minimum atomic E-state index is -0.417. The Morgan fingerprint density at radius 3 is 2.51 bits per heavy atom. The molecule has 1 unspecified atom stereocenters. The molecule has 0 aliphatic carbocycles. The molecule has 2 aromatic heterocycles. The van der Waals surface area contributed by atoms with Gasteiger partial charge in [0.25, 0.3) is 5.91 Å². The van der Waals surface area contributed by atoms with Crippen LogP contribution in [0, 0.1) is 5.82 Å². The van der Waals surface area contributed by atoms with E-state index in [0.717, 1.165) is 5.56 Å². The van der Waals surface area contributed by atoms with Crippen molar-refractivity contribution in [1.82, 2.24) is 25.0 Å². The van der Waals surface area contributed by atoms with E-state index in [-0.39, 0.29) is 36.5 Å². The summed E-state index contributed by atoms with van der Waals surface area (Å²) < 4.78 is 15.2. The third-order valence-corrected chi connectivity index (χ3v) is 7.02. The number of hydrogen-bond donors (Lipinski definition) is 1. The van der Waals surface area contributed by atoms with Crippen molar-refractivity contribution in [2.45, 2.75) is 26.4 Å². The lowest BCUT2D eigenvalue weighted by Crippen LogP contribution is -2.35. The molecule has 2 amide bonds. The predicted molar refractivity (Wildman–Crippen MR) is 149 cm³/mol. The van der Waals surface area contributed by atoms with Crippen LogP contribution in [-0.4, -0.2) is 38.0 Å². The van der Waals surface area contributed by atoms with Gasteiger partial charge in [0.15, 0.2) is 5.69 Å². The van der Waals surface area contributed by atoms with Gasteiger partial charge in [-0.15, -0.1) is 0 Å². The largest absolute Gasteiger partial charge is 0.343 e. The van der Waals surface area contributed by atoms with Gasteiger partial charge in [-0.1, -0.05) is 41.4 Å². The van der Waals surface area contributed by atoms with E-state index in [1.54, 1.807) is 52.2 Å². The van der Waals surface area contributed by atoms with Gasteiger partial charge in [-0.05, 0) is 66.6 Å². The molecule has 2 aromatic carbocycles. The molecule has 0 saturated carbocycles. The molecule has 1 aliphatic rings. The van der Waals surface area contributed by atoms with E-state index in [0.29, 0.717) is 38.3 Å². The maximum Gasteiger partial charge on any atom is 0.272 e. The van der Waals surface area contributed by atoms with Gasteiger partial charge in [0.1, 0.15) is 5.82 Å². The number of halogens is 3. The Labute approximate surface area is 234 Å². The number of nitrogens with zero attached hydrogens (tertiary/aromatic N) is 4. The maximum absolute atomic E-state index is 13.6. The monoisotopic (exact) mass is 563 g/mol. The Hall–Kier alpha value is -4.01. The third-order valence-electron chi connectivity index (χ3n) is 6.49. The van der Waals surface area contributed by atoms with E-state index in [1.165, 1.54) is 19.1 Å². The molecule has 0 saturated heterocycles. The topological polar surface area (TPSA) is 80.1 Å². The van der Waals surface area contributed by atoms with E-state index in [1.807, 2.05) is 25.1 Å². The van der Waals surface area contributed by atoms with Crippen LogP contribution in [0.5, 0.6) is 0 Å². The standard InChI is InChI=1S/C29H24Cl2FN5O2/c1-17(25-5-3-4-12-33-25)34-29(39)27-23-16-36(18(2)38)15-20(13-19-6-9-22(32)10-7-19)28(23)37(35-27)26-11-8-21(30)14-24(26)31/h3-14,17H,15-16H2,1-2H3,(H,34,39). The zero-order chi connectivity index (χ0) is 27.7. The highest BCUT2D eigenvalue weighted by molar-refractivity contribution is 6.35. The zero-order valence-electron chi connectivity index (χ0n) is 21.2. The normalized spacial score (nSPS) is 14.7. The van der Waals surface area contributed by atoms with Gasteiger partial charge in [-0.3, -0.25) is 14.6 Å². The van der Waals surface area contributed by atoms with Crippen molar-refractivity contribution >= 4 is 46.7 Å². The smallest absolute Gasteiger partial charge is 0.272 e. The number of fused-ring (bicyclic) bond motifs is 1. The summed E-state index contributed by atoms with van der Waals surface area (Å²) in [6, 6.07) is 16.1. The van der Waals surface area contributed by atoms with Crippen LogP contribution in [0.4, 0.5) is 4.39 Å². The summed E-state index contributed by atoms with van der Waals surface area (Å²) >= 11 is 12.7. The Morgan fingerprint density at radius 2 is 1.85 bits per heavy atom. The lowest BCUT2D eigenvalue weighted by molar-refractivity contribution is -0.128. The minimum Gasteiger partial charge on any atom is -0.343 e. The molecule has 4 aromatic rings. The lowest BCUT2D eigenvalue weighted by Gasteiger charge is -2.29. The molecule has 3 heterocycles. The van der Waals surface area contributed by atoms with Crippen molar-refractivity contribution in [3.8, 4) is 5.69 Å². The maximum atomic E-state index is 13.6. The first-order valence-corrected chi connectivity index (χ1v) is 13.0. The molecular formula is C29H24Cl2FN5O2. The van der Waals surface area contributed by atoms with Crippen LogP contribution in [0.1, 0.15) is 52.9 Å². The van der Waals surface area contributed by atoms with Gasteiger partial charge < -0.3 is 10.2 Å². The Kier molecular flexibility index (Phi) is 7.50. The molecule has 0 fully saturated rings.